The van der Waals surface area contributed by atoms with Crippen LogP contribution in [0.2, 0.25) is 0 Å². The first-order valence-corrected chi connectivity index (χ1v) is 11.3. The van der Waals surface area contributed by atoms with E-state index < -0.39 is 11.6 Å². The van der Waals surface area contributed by atoms with E-state index in [-0.39, 0.29) is 6.04 Å². The number of benzene rings is 1. The van der Waals surface area contributed by atoms with Crippen molar-refractivity contribution in [3.8, 4) is 0 Å². The number of nitrogen functional groups attached to an aromatic ring is 1. The second-order valence-corrected chi connectivity index (χ2v) is 9.92. The van der Waals surface area contributed by atoms with E-state index >= 15 is 0 Å². The standard InChI is InChI=1S/C20H26N6O2S2/c1-12(10-26(19(27)28)20(2,3)4)22-15-14-16(23-17(21)30-14)25-18(24-15)29-11-13-8-6-5-7-9-13/h5-9,12H,10-11H2,1-4H3,(H,27,28)(H3,21,22,23,24,25)/t12-/m1/s1. The molecule has 8 nitrogen and oxygen atoms in total. The third-order valence-corrected chi connectivity index (χ3v) is 6.14. The van der Waals surface area contributed by atoms with Crippen molar-refractivity contribution < 1.29 is 9.90 Å². The minimum absolute atomic E-state index is 0.172. The zero-order valence-corrected chi connectivity index (χ0v) is 19.0. The minimum Gasteiger partial charge on any atom is -0.465 e. The third-order valence-electron chi connectivity index (χ3n) is 4.34. The van der Waals surface area contributed by atoms with Gasteiger partial charge in [0.2, 0.25) is 0 Å². The topological polar surface area (TPSA) is 117 Å². The van der Waals surface area contributed by atoms with Crippen LogP contribution in [0.25, 0.3) is 10.3 Å². The summed E-state index contributed by atoms with van der Waals surface area (Å²) in [5, 5.41) is 13.9. The van der Waals surface area contributed by atoms with E-state index in [1.54, 1.807) is 0 Å². The number of hydrogen-bond acceptors (Lipinski definition) is 8. The summed E-state index contributed by atoms with van der Waals surface area (Å²) in [7, 11) is 0. The fourth-order valence-electron chi connectivity index (χ4n) is 2.90. The van der Waals surface area contributed by atoms with Crippen molar-refractivity contribution in [2.45, 2.75) is 50.2 Å². The minimum atomic E-state index is -0.954. The van der Waals surface area contributed by atoms with Crippen LogP contribution in [0.5, 0.6) is 0 Å². The Morgan fingerprint density at radius 3 is 2.60 bits per heavy atom. The number of amides is 1. The Kier molecular flexibility index (Phi) is 6.67. The lowest BCUT2D eigenvalue weighted by Crippen LogP contribution is -2.49. The number of carboxylic acid groups (broad SMARTS) is 1. The van der Waals surface area contributed by atoms with E-state index in [9.17, 15) is 9.90 Å². The Hall–Kier alpha value is -2.59. The first-order valence-electron chi connectivity index (χ1n) is 9.51. The first kappa shape index (κ1) is 22.1. The maximum Gasteiger partial charge on any atom is 0.407 e. The van der Waals surface area contributed by atoms with Gasteiger partial charge in [0, 0.05) is 23.9 Å². The van der Waals surface area contributed by atoms with Crippen molar-refractivity contribution in [3.63, 3.8) is 0 Å². The number of nitrogens with two attached hydrogens (primary N) is 1. The molecule has 0 radical (unpaired) electrons. The lowest BCUT2D eigenvalue weighted by Gasteiger charge is -2.35. The highest BCUT2D eigenvalue weighted by Gasteiger charge is 2.28. The lowest BCUT2D eigenvalue weighted by molar-refractivity contribution is 0.0984. The number of thioether (sulfide) groups is 1. The molecule has 0 unspecified atom stereocenters. The molecule has 0 aliphatic rings. The third kappa shape index (κ3) is 5.51. The molecule has 3 aromatic rings. The van der Waals surface area contributed by atoms with Gasteiger partial charge < -0.3 is 21.1 Å². The lowest BCUT2D eigenvalue weighted by atomic mass is 10.1. The molecule has 1 aromatic carbocycles. The molecule has 2 aromatic heterocycles. The first-order chi connectivity index (χ1) is 14.1. The van der Waals surface area contributed by atoms with Crippen LogP contribution in [-0.2, 0) is 5.75 Å². The molecular weight excluding hydrogens is 420 g/mol. The molecule has 10 heteroatoms. The van der Waals surface area contributed by atoms with Crippen molar-refractivity contribution in [3.05, 3.63) is 35.9 Å². The molecule has 1 amide bonds. The molecule has 160 valence electrons. The van der Waals surface area contributed by atoms with Gasteiger partial charge in [-0.25, -0.2) is 19.7 Å². The van der Waals surface area contributed by atoms with Crippen LogP contribution in [0.3, 0.4) is 0 Å². The van der Waals surface area contributed by atoms with Crippen molar-refractivity contribution >= 4 is 50.5 Å². The Morgan fingerprint density at radius 1 is 1.27 bits per heavy atom. The van der Waals surface area contributed by atoms with Gasteiger partial charge in [-0.2, -0.15) is 0 Å². The van der Waals surface area contributed by atoms with Crippen molar-refractivity contribution in [1.29, 1.82) is 0 Å². The van der Waals surface area contributed by atoms with Gasteiger partial charge in [0.05, 0.1) is 0 Å². The summed E-state index contributed by atoms with van der Waals surface area (Å²) >= 11 is 2.83. The number of hydrogen-bond donors (Lipinski definition) is 3. The number of nitrogens with zero attached hydrogens (tertiary/aromatic N) is 4. The van der Waals surface area contributed by atoms with Crippen LogP contribution in [0.4, 0.5) is 15.7 Å². The number of rotatable bonds is 7. The smallest absolute Gasteiger partial charge is 0.407 e. The summed E-state index contributed by atoms with van der Waals surface area (Å²) in [4.78, 5) is 26.6. The molecule has 0 saturated heterocycles. The average Bonchev–Trinajstić information content (AvgIpc) is 3.04. The largest absolute Gasteiger partial charge is 0.465 e. The summed E-state index contributed by atoms with van der Waals surface area (Å²) in [5.41, 5.74) is 7.12. The van der Waals surface area contributed by atoms with Crippen molar-refractivity contribution in [1.82, 2.24) is 19.9 Å². The molecule has 0 fully saturated rings. The molecular formula is C20H26N6O2S2. The van der Waals surface area contributed by atoms with Gasteiger partial charge in [-0.05, 0) is 33.3 Å². The van der Waals surface area contributed by atoms with Gasteiger partial charge in [0.15, 0.2) is 21.8 Å². The van der Waals surface area contributed by atoms with Gasteiger partial charge in [-0.1, -0.05) is 53.4 Å². The number of aromatic nitrogens is 3. The zero-order chi connectivity index (χ0) is 21.9. The molecule has 0 saturated carbocycles. The van der Waals surface area contributed by atoms with Gasteiger partial charge in [-0.15, -0.1) is 0 Å². The normalized spacial score (nSPS) is 12.7. The van der Waals surface area contributed by atoms with Crippen LogP contribution >= 0.6 is 23.1 Å². The van der Waals surface area contributed by atoms with E-state index in [1.165, 1.54) is 33.6 Å². The fraction of sp³-hybridized carbons (Fsp3) is 0.400. The summed E-state index contributed by atoms with van der Waals surface area (Å²) < 4.78 is 0.765. The maximum atomic E-state index is 11.7. The molecule has 2 heterocycles. The molecule has 0 bridgehead atoms. The van der Waals surface area contributed by atoms with E-state index in [2.05, 4.69) is 32.4 Å². The summed E-state index contributed by atoms with van der Waals surface area (Å²) in [5.74, 6) is 1.36. The number of nitrogens with one attached hydrogen (secondary N) is 1. The van der Waals surface area contributed by atoms with Crippen LogP contribution in [0.15, 0.2) is 35.5 Å². The van der Waals surface area contributed by atoms with Crippen molar-refractivity contribution in [2.75, 3.05) is 17.6 Å². The van der Waals surface area contributed by atoms with Crippen LogP contribution < -0.4 is 11.1 Å². The molecule has 1 atom stereocenters. The summed E-state index contributed by atoms with van der Waals surface area (Å²) in [6.07, 6.45) is -0.954. The Labute approximate surface area is 183 Å². The van der Waals surface area contributed by atoms with Crippen LogP contribution in [0, 0.1) is 0 Å². The highest BCUT2D eigenvalue weighted by Crippen LogP contribution is 2.32. The van der Waals surface area contributed by atoms with E-state index in [1.807, 2.05) is 45.9 Å². The molecule has 3 rings (SSSR count). The van der Waals surface area contributed by atoms with Crippen LogP contribution in [-0.4, -0.2) is 49.2 Å². The average molecular weight is 447 g/mol. The quantitative estimate of drug-likeness (QED) is 0.358. The second-order valence-electron chi connectivity index (χ2n) is 7.94. The Bertz CT molecular complexity index is 1020. The van der Waals surface area contributed by atoms with Gasteiger partial charge >= 0.3 is 6.09 Å². The monoisotopic (exact) mass is 446 g/mol. The van der Waals surface area contributed by atoms with E-state index in [0.717, 1.165) is 10.5 Å². The summed E-state index contributed by atoms with van der Waals surface area (Å²) in [6, 6.07) is 9.92. The number of thiazole rings is 1. The molecule has 0 aliphatic heterocycles. The molecule has 0 spiro atoms. The summed E-state index contributed by atoms with van der Waals surface area (Å²) in [6.45, 7) is 7.86. The highest BCUT2D eigenvalue weighted by molar-refractivity contribution is 7.98. The fourth-order valence-corrected chi connectivity index (χ4v) is 4.42. The Balaban J connectivity index is 1.82. The van der Waals surface area contributed by atoms with Crippen LogP contribution in [0.1, 0.15) is 33.3 Å². The predicted molar refractivity (Wildman–Crippen MR) is 123 cm³/mol. The predicted octanol–water partition coefficient (Wildman–Crippen LogP) is 4.54. The van der Waals surface area contributed by atoms with E-state index in [4.69, 9.17) is 5.73 Å². The maximum absolute atomic E-state index is 11.7. The van der Waals surface area contributed by atoms with Gasteiger partial charge in [-0.3, -0.25) is 0 Å². The zero-order valence-electron chi connectivity index (χ0n) is 17.4. The van der Waals surface area contributed by atoms with Gasteiger partial charge in [0.25, 0.3) is 0 Å². The van der Waals surface area contributed by atoms with Gasteiger partial charge in [0.1, 0.15) is 4.70 Å². The highest BCUT2D eigenvalue weighted by atomic mass is 32.2. The number of fused-ring (bicyclic) bond motifs is 1. The SMILES string of the molecule is C[C@H](CN(C(=O)O)C(C)(C)C)Nc1nc(SCc2ccccc2)nc2nc(N)sc12. The molecule has 0 aliphatic carbocycles. The van der Waals surface area contributed by atoms with E-state index in [0.29, 0.717) is 28.3 Å². The molecule has 4 N–H and O–H groups in total. The number of carbonyl (C=O) groups is 1. The Morgan fingerprint density at radius 2 is 1.97 bits per heavy atom. The molecule has 30 heavy (non-hydrogen) atoms. The second kappa shape index (κ2) is 9.05. The number of anilines is 2. The van der Waals surface area contributed by atoms with Crippen molar-refractivity contribution in [2.24, 2.45) is 0 Å².